The van der Waals surface area contributed by atoms with Crippen LogP contribution in [0.4, 0.5) is 5.82 Å². The number of Topliss-reactive ketones (excluding diaryl/α,β-unsaturated/α-hetero) is 1. The molecule has 0 bridgehead atoms. The molecule has 0 fully saturated rings. The number of ether oxygens (including phenoxy) is 1. The Morgan fingerprint density at radius 3 is 2.80 bits per heavy atom. The highest BCUT2D eigenvalue weighted by atomic mass is 35.5. The van der Waals surface area contributed by atoms with Crippen LogP contribution in [0.3, 0.4) is 0 Å². The minimum atomic E-state index is -0.463. The highest BCUT2D eigenvalue weighted by Gasteiger charge is 2.37. The zero-order valence-corrected chi connectivity index (χ0v) is 14.3. The number of methoxy groups -OCH3 is 1. The fourth-order valence-electron chi connectivity index (χ4n) is 3.47. The summed E-state index contributed by atoms with van der Waals surface area (Å²) in [7, 11) is 1.33. The number of hydrogen-bond acceptors (Lipinski definition) is 5. The average Bonchev–Trinajstić information content (AvgIpc) is 3.04. The van der Waals surface area contributed by atoms with E-state index < -0.39 is 5.97 Å². The van der Waals surface area contributed by atoms with Crippen LogP contribution >= 0.6 is 11.6 Å². The molecule has 2 aliphatic rings. The average molecular weight is 358 g/mol. The predicted octanol–water partition coefficient (Wildman–Crippen LogP) is 3.35. The number of nitrogens with zero attached hydrogens (tertiary/aromatic N) is 2. The van der Waals surface area contributed by atoms with Crippen molar-refractivity contribution in [1.82, 2.24) is 9.78 Å². The molecule has 1 aliphatic carbocycles. The first-order valence-corrected chi connectivity index (χ1v) is 8.42. The highest BCUT2D eigenvalue weighted by molar-refractivity contribution is 6.30. The van der Waals surface area contributed by atoms with E-state index in [0.717, 1.165) is 24.1 Å². The third kappa shape index (κ3) is 2.53. The molecule has 0 saturated carbocycles. The van der Waals surface area contributed by atoms with Gasteiger partial charge in [0.1, 0.15) is 17.4 Å². The molecular formula is C18H16ClN3O3. The molecule has 0 saturated heterocycles. The molecule has 2 heterocycles. The van der Waals surface area contributed by atoms with Crippen molar-refractivity contribution in [2.45, 2.75) is 25.3 Å². The van der Waals surface area contributed by atoms with Crippen molar-refractivity contribution < 1.29 is 14.3 Å². The van der Waals surface area contributed by atoms with E-state index in [0.29, 0.717) is 28.4 Å². The summed E-state index contributed by atoms with van der Waals surface area (Å²) < 4.78 is 6.52. The van der Waals surface area contributed by atoms with Crippen LogP contribution < -0.4 is 5.32 Å². The van der Waals surface area contributed by atoms with Crippen LogP contribution in [-0.2, 0) is 9.53 Å². The summed E-state index contributed by atoms with van der Waals surface area (Å²) in [4.78, 5) is 24.7. The van der Waals surface area contributed by atoms with E-state index in [2.05, 4.69) is 10.4 Å². The van der Waals surface area contributed by atoms with E-state index in [1.807, 2.05) is 12.1 Å². The van der Waals surface area contributed by atoms with E-state index in [9.17, 15) is 9.59 Å². The molecule has 7 heteroatoms. The van der Waals surface area contributed by atoms with Gasteiger partial charge >= 0.3 is 5.97 Å². The topological polar surface area (TPSA) is 73.2 Å². The first-order valence-electron chi connectivity index (χ1n) is 8.04. The second kappa shape index (κ2) is 6.04. The van der Waals surface area contributed by atoms with Crippen molar-refractivity contribution in [3.05, 3.63) is 57.9 Å². The van der Waals surface area contributed by atoms with Crippen molar-refractivity contribution in [3.8, 4) is 0 Å². The zero-order chi connectivity index (χ0) is 17.6. The number of aromatic nitrogens is 2. The fraction of sp³-hybridized carbons (Fsp3) is 0.278. The lowest BCUT2D eigenvalue weighted by Gasteiger charge is -2.33. The summed E-state index contributed by atoms with van der Waals surface area (Å²) in [6.07, 6.45) is 3.54. The highest BCUT2D eigenvalue weighted by Crippen LogP contribution is 2.41. The van der Waals surface area contributed by atoms with Gasteiger partial charge in [0.25, 0.3) is 0 Å². The first kappa shape index (κ1) is 15.9. The van der Waals surface area contributed by atoms with E-state index >= 15 is 0 Å². The van der Waals surface area contributed by atoms with Gasteiger partial charge in [-0.3, -0.25) is 4.79 Å². The second-order valence-corrected chi connectivity index (χ2v) is 6.53. The number of carbonyl (C=O) groups is 2. The Morgan fingerprint density at radius 1 is 1.32 bits per heavy atom. The van der Waals surface area contributed by atoms with E-state index in [4.69, 9.17) is 16.3 Å². The number of carbonyl (C=O) groups excluding carboxylic acids is 2. The van der Waals surface area contributed by atoms with Gasteiger partial charge in [-0.25, -0.2) is 9.48 Å². The molecule has 25 heavy (non-hydrogen) atoms. The lowest BCUT2D eigenvalue weighted by atomic mass is 9.85. The zero-order valence-electron chi connectivity index (χ0n) is 13.6. The lowest BCUT2D eigenvalue weighted by Crippen LogP contribution is -2.31. The lowest BCUT2D eigenvalue weighted by molar-refractivity contribution is -0.116. The standard InChI is InChI=1S/C18H16ClN3O3/c1-25-18(24)12-9-20-22-16(10-5-7-11(19)8-6-10)15-13(21-17(12)22)3-2-4-14(15)23/h5-9,16,21H,2-4H2,1H3/t16-/m1/s1. The van der Waals surface area contributed by atoms with E-state index in [-0.39, 0.29) is 11.8 Å². The van der Waals surface area contributed by atoms with E-state index in [1.54, 1.807) is 16.8 Å². The maximum absolute atomic E-state index is 12.6. The van der Waals surface area contributed by atoms with Crippen LogP contribution in [0, 0.1) is 0 Å². The van der Waals surface area contributed by atoms with Crippen molar-refractivity contribution in [2.75, 3.05) is 12.4 Å². The fourth-order valence-corrected chi connectivity index (χ4v) is 3.60. The van der Waals surface area contributed by atoms with Crippen LogP contribution in [0.5, 0.6) is 0 Å². The van der Waals surface area contributed by atoms with Gasteiger partial charge in [-0.1, -0.05) is 23.7 Å². The number of rotatable bonds is 2. The summed E-state index contributed by atoms with van der Waals surface area (Å²) in [6, 6.07) is 6.96. The molecule has 128 valence electrons. The Labute approximate surface area is 149 Å². The Balaban J connectivity index is 1.91. The van der Waals surface area contributed by atoms with Gasteiger partial charge in [0.2, 0.25) is 0 Å². The molecule has 4 rings (SSSR count). The Kier molecular flexibility index (Phi) is 3.84. The number of ketones is 1. The van der Waals surface area contributed by atoms with Gasteiger partial charge in [0.15, 0.2) is 5.78 Å². The monoisotopic (exact) mass is 357 g/mol. The van der Waals surface area contributed by atoms with Crippen LogP contribution in [0.15, 0.2) is 41.7 Å². The molecule has 1 aromatic carbocycles. The number of anilines is 1. The molecule has 0 radical (unpaired) electrons. The maximum Gasteiger partial charge on any atom is 0.343 e. The van der Waals surface area contributed by atoms with Gasteiger partial charge in [0.05, 0.1) is 13.3 Å². The van der Waals surface area contributed by atoms with Gasteiger partial charge in [-0.2, -0.15) is 5.10 Å². The normalized spacial score (nSPS) is 19.1. The molecule has 1 aliphatic heterocycles. The van der Waals surface area contributed by atoms with Crippen molar-refractivity contribution >= 4 is 29.2 Å². The molecular weight excluding hydrogens is 342 g/mol. The minimum absolute atomic E-state index is 0.106. The number of hydrogen-bond donors (Lipinski definition) is 1. The summed E-state index contributed by atoms with van der Waals surface area (Å²) in [6.45, 7) is 0. The van der Waals surface area contributed by atoms with Crippen LogP contribution in [0.2, 0.25) is 5.02 Å². The number of fused-ring (bicyclic) bond motifs is 1. The Morgan fingerprint density at radius 2 is 2.08 bits per heavy atom. The number of halogens is 1. The molecule has 2 aromatic rings. The predicted molar refractivity (Wildman–Crippen MR) is 92.7 cm³/mol. The summed E-state index contributed by atoms with van der Waals surface area (Å²) in [5, 5.41) is 8.23. The number of allylic oxidation sites excluding steroid dienone is 2. The summed E-state index contributed by atoms with van der Waals surface area (Å²) in [5.41, 5.74) is 2.82. The summed E-state index contributed by atoms with van der Waals surface area (Å²) >= 11 is 6.01. The second-order valence-electron chi connectivity index (χ2n) is 6.09. The summed E-state index contributed by atoms with van der Waals surface area (Å²) in [5.74, 6) is 0.199. The van der Waals surface area contributed by atoms with Crippen LogP contribution in [0.1, 0.15) is 41.2 Å². The van der Waals surface area contributed by atoms with Crippen molar-refractivity contribution in [1.29, 1.82) is 0 Å². The molecule has 1 atom stereocenters. The van der Waals surface area contributed by atoms with E-state index in [1.165, 1.54) is 13.3 Å². The molecule has 1 aromatic heterocycles. The van der Waals surface area contributed by atoms with Crippen LogP contribution in [-0.4, -0.2) is 28.6 Å². The van der Waals surface area contributed by atoms with Gasteiger partial charge in [-0.05, 0) is 30.5 Å². The smallest absolute Gasteiger partial charge is 0.343 e. The number of esters is 1. The van der Waals surface area contributed by atoms with Crippen molar-refractivity contribution in [2.24, 2.45) is 0 Å². The minimum Gasteiger partial charge on any atom is -0.465 e. The molecule has 6 nitrogen and oxygen atoms in total. The Bertz CT molecular complexity index is 899. The molecule has 0 amide bonds. The quantitative estimate of drug-likeness (QED) is 0.834. The molecule has 0 unspecified atom stereocenters. The first-order chi connectivity index (χ1) is 12.1. The Hall–Kier alpha value is -2.60. The molecule has 0 spiro atoms. The largest absolute Gasteiger partial charge is 0.465 e. The number of nitrogens with one attached hydrogen (secondary N) is 1. The maximum atomic E-state index is 12.6. The van der Waals surface area contributed by atoms with Crippen molar-refractivity contribution in [3.63, 3.8) is 0 Å². The van der Waals surface area contributed by atoms with Gasteiger partial charge < -0.3 is 10.1 Å². The van der Waals surface area contributed by atoms with Gasteiger partial charge in [0, 0.05) is 22.7 Å². The third-order valence-corrected chi connectivity index (χ3v) is 4.88. The molecule has 1 N–H and O–H groups in total. The number of benzene rings is 1. The third-order valence-electron chi connectivity index (χ3n) is 4.63. The van der Waals surface area contributed by atoms with Gasteiger partial charge in [-0.15, -0.1) is 0 Å². The SMILES string of the molecule is COC(=O)c1cnn2c1NC1=C(C(=O)CCC1)[C@H]2c1ccc(Cl)cc1. The van der Waals surface area contributed by atoms with Crippen LogP contribution in [0.25, 0.3) is 0 Å².